The van der Waals surface area contributed by atoms with Gasteiger partial charge in [-0.1, -0.05) is 17.7 Å². The van der Waals surface area contributed by atoms with Gasteiger partial charge in [0.05, 0.1) is 25.2 Å². The van der Waals surface area contributed by atoms with Gasteiger partial charge in [0.25, 0.3) is 0 Å². The number of aromatic nitrogens is 2. The van der Waals surface area contributed by atoms with Crippen LogP contribution < -0.4 is 10.1 Å². The quantitative estimate of drug-likeness (QED) is 0.768. The fraction of sp³-hybridized carbons (Fsp3) is 0.0588. The molecule has 22 heavy (non-hydrogen) atoms. The fourth-order valence-electron chi connectivity index (χ4n) is 2.09. The maximum Gasteiger partial charge on any atom is 0.137 e. The number of nitrogens with zero attached hydrogens (tertiary/aromatic N) is 2. The Morgan fingerprint density at radius 3 is 2.45 bits per heavy atom. The van der Waals surface area contributed by atoms with E-state index >= 15 is 0 Å². The summed E-state index contributed by atoms with van der Waals surface area (Å²) in [6.07, 6.45) is 7.01. The lowest BCUT2D eigenvalue weighted by Gasteiger charge is -2.09. The molecule has 0 bridgehead atoms. The lowest BCUT2D eigenvalue weighted by atomic mass is 10.1. The number of benzene rings is 1. The second kappa shape index (κ2) is 6.45. The molecule has 0 spiro atoms. The summed E-state index contributed by atoms with van der Waals surface area (Å²) in [6, 6.07) is 11.5. The smallest absolute Gasteiger partial charge is 0.137 e. The second-order valence-corrected chi connectivity index (χ2v) is 5.15. The highest BCUT2D eigenvalue weighted by Crippen LogP contribution is 2.26. The van der Waals surface area contributed by atoms with Crippen LogP contribution in [0, 0.1) is 0 Å². The first-order valence-electron chi connectivity index (χ1n) is 6.71. The number of hydrogen-bond acceptors (Lipinski definition) is 4. The van der Waals surface area contributed by atoms with Crippen LogP contribution in [0.3, 0.4) is 0 Å². The van der Waals surface area contributed by atoms with Crippen molar-refractivity contribution in [3.8, 4) is 16.9 Å². The van der Waals surface area contributed by atoms with E-state index in [0.29, 0.717) is 10.8 Å². The van der Waals surface area contributed by atoms with Crippen molar-refractivity contribution in [1.82, 2.24) is 9.97 Å². The molecule has 0 aliphatic rings. The molecule has 3 aromatic rings. The summed E-state index contributed by atoms with van der Waals surface area (Å²) in [5, 5.41) is 3.97. The number of hydrogen-bond donors (Lipinski definition) is 1. The number of halogens is 1. The molecule has 4 nitrogen and oxygen atoms in total. The van der Waals surface area contributed by atoms with Crippen LogP contribution in [0.1, 0.15) is 0 Å². The normalized spacial score (nSPS) is 10.3. The highest BCUT2D eigenvalue weighted by Gasteiger charge is 2.03. The van der Waals surface area contributed by atoms with Gasteiger partial charge >= 0.3 is 0 Å². The van der Waals surface area contributed by atoms with Crippen LogP contribution in [-0.2, 0) is 0 Å². The Morgan fingerprint density at radius 1 is 0.909 bits per heavy atom. The van der Waals surface area contributed by atoms with Gasteiger partial charge in [-0.05, 0) is 30.3 Å². The van der Waals surface area contributed by atoms with Crippen molar-refractivity contribution in [2.75, 3.05) is 12.4 Å². The molecule has 0 fully saturated rings. The molecule has 0 unspecified atom stereocenters. The summed E-state index contributed by atoms with van der Waals surface area (Å²) in [7, 11) is 1.62. The summed E-state index contributed by atoms with van der Waals surface area (Å²) < 4.78 is 5.20. The number of pyridine rings is 2. The van der Waals surface area contributed by atoms with Gasteiger partial charge in [-0.2, -0.15) is 0 Å². The number of rotatable bonds is 4. The maximum absolute atomic E-state index is 5.99. The van der Waals surface area contributed by atoms with Gasteiger partial charge in [-0.3, -0.25) is 9.97 Å². The average molecular weight is 312 g/mol. The molecule has 0 radical (unpaired) electrons. The highest BCUT2D eigenvalue weighted by atomic mass is 35.5. The molecule has 0 amide bonds. The molecule has 0 aliphatic carbocycles. The molecular weight excluding hydrogens is 298 g/mol. The first kappa shape index (κ1) is 14.4. The summed E-state index contributed by atoms with van der Waals surface area (Å²) in [5.41, 5.74) is 3.69. The van der Waals surface area contributed by atoms with Gasteiger partial charge in [0.15, 0.2) is 0 Å². The number of methoxy groups -OCH3 is 1. The predicted molar refractivity (Wildman–Crippen MR) is 88.8 cm³/mol. The molecule has 1 aromatic carbocycles. The Kier molecular flexibility index (Phi) is 4.21. The third-order valence-corrected chi connectivity index (χ3v) is 3.37. The Morgan fingerprint density at radius 2 is 1.68 bits per heavy atom. The first-order valence-corrected chi connectivity index (χ1v) is 7.09. The van der Waals surface area contributed by atoms with Crippen LogP contribution >= 0.6 is 11.6 Å². The predicted octanol–water partition coefficient (Wildman–Crippen LogP) is 4.55. The summed E-state index contributed by atoms with van der Waals surface area (Å²) in [5.74, 6) is 0.714. The monoisotopic (exact) mass is 311 g/mol. The minimum Gasteiger partial charge on any atom is -0.495 e. The topological polar surface area (TPSA) is 47.0 Å². The van der Waals surface area contributed by atoms with E-state index in [0.717, 1.165) is 22.5 Å². The van der Waals surface area contributed by atoms with E-state index in [-0.39, 0.29) is 0 Å². The Labute approximate surface area is 133 Å². The molecule has 2 aromatic heterocycles. The van der Waals surface area contributed by atoms with Crippen LogP contribution in [0.25, 0.3) is 11.1 Å². The lowest BCUT2D eigenvalue weighted by Crippen LogP contribution is -1.92. The van der Waals surface area contributed by atoms with E-state index in [1.54, 1.807) is 31.9 Å². The van der Waals surface area contributed by atoms with Crippen molar-refractivity contribution < 1.29 is 4.74 Å². The van der Waals surface area contributed by atoms with E-state index < -0.39 is 0 Å². The van der Waals surface area contributed by atoms with E-state index in [1.165, 1.54) is 0 Å². The number of ether oxygens (including phenoxy) is 1. The van der Waals surface area contributed by atoms with Crippen LogP contribution in [0.5, 0.6) is 5.75 Å². The van der Waals surface area contributed by atoms with Gasteiger partial charge in [-0.15, -0.1) is 0 Å². The first-order chi connectivity index (χ1) is 10.7. The molecule has 0 atom stereocenters. The highest BCUT2D eigenvalue weighted by molar-refractivity contribution is 6.30. The minimum absolute atomic E-state index is 0.686. The van der Waals surface area contributed by atoms with Crippen molar-refractivity contribution in [2.24, 2.45) is 0 Å². The number of nitrogens with one attached hydrogen (secondary N) is 1. The molecule has 1 N–H and O–H groups in total. The molecule has 0 saturated carbocycles. The van der Waals surface area contributed by atoms with E-state index in [2.05, 4.69) is 15.3 Å². The zero-order chi connectivity index (χ0) is 15.4. The SMILES string of the molecule is COc1cncc(-c2cncc(Nc3cccc(Cl)c3)c2)c1. The number of anilines is 2. The van der Waals surface area contributed by atoms with E-state index in [4.69, 9.17) is 16.3 Å². The van der Waals surface area contributed by atoms with Crippen LogP contribution in [-0.4, -0.2) is 17.1 Å². The molecule has 2 heterocycles. The Bertz CT molecular complexity index is 792. The summed E-state index contributed by atoms with van der Waals surface area (Å²) in [4.78, 5) is 8.44. The van der Waals surface area contributed by atoms with Crippen molar-refractivity contribution in [3.05, 3.63) is 66.2 Å². The molecule has 5 heteroatoms. The van der Waals surface area contributed by atoms with Gasteiger partial charge in [-0.25, -0.2) is 0 Å². The zero-order valence-corrected chi connectivity index (χ0v) is 12.7. The molecular formula is C17H14ClN3O. The standard InChI is InChI=1S/C17H14ClN3O/c1-22-17-6-13(9-20-11-17)12-5-16(10-19-8-12)21-15-4-2-3-14(18)7-15/h2-11,21H,1H3. The third kappa shape index (κ3) is 3.35. The fourth-order valence-corrected chi connectivity index (χ4v) is 2.28. The third-order valence-electron chi connectivity index (χ3n) is 3.13. The Hall–Kier alpha value is -2.59. The molecule has 0 saturated heterocycles. The second-order valence-electron chi connectivity index (χ2n) is 4.71. The van der Waals surface area contributed by atoms with Crippen molar-refractivity contribution >= 4 is 23.0 Å². The largest absolute Gasteiger partial charge is 0.495 e. The van der Waals surface area contributed by atoms with Crippen LogP contribution in [0.15, 0.2) is 61.2 Å². The van der Waals surface area contributed by atoms with Gasteiger partial charge in [0.2, 0.25) is 0 Å². The maximum atomic E-state index is 5.99. The van der Waals surface area contributed by atoms with Gasteiger partial charge in [0.1, 0.15) is 5.75 Å². The van der Waals surface area contributed by atoms with E-state index in [1.807, 2.05) is 36.4 Å². The minimum atomic E-state index is 0.686. The Balaban J connectivity index is 1.89. The summed E-state index contributed by atoms with van der Waals surface area (Å²) in [6.45, 7) is 0. The van der Waals surface area contributed by atoms with Crippen LogP contribution in [0.2, 0.25) is 5.02 Å². The molecule has 110 valence electrons. The summed E-state index contributed by atoms with van der Waals surface area (Å²) >= 11 is 5.99. The van der Waals surface area contributed by atoms with Crippen molar-refractivity contribution in [1.29, 1.82) is 0 Å². The van der Waals surface area contributed by atoms with Crippen molar-refractivity contribution in [2.45, 2.75) is 0 Å². The van der Waals surface area contributed by atoms with E-state index in [9.17, 15) is 0 Å². The van der Waals surface area contributed by atoms with Crippen molar-refractivity contribution in [3.63, 3.8) is 0 Å². The van der Waals surface area contributed by atoms with Gasteiger partial charge < -0.3 is 10.1 Å². The van der Waals surface area contributed by atoms with Gasteiger partial charge in [0, 0.05) is 34.2 Å². The lowest BCUT2D eigenvalue weighted by molar-refractivity contribution is 0.413. The average Bonchev–Trinajstić information content (AvgIpc) is 2.55. The zero-order valence-electron chi connectivity index (χ0n) is 12.0. The van der Waals surface area contributed by atoms with Crippen LogP contribution in [0.4, 0.5) is 11.4 Å². The molecule has 3 rings (SSSR count). The molecule has 0 aliphatic heterocycles.